The molecule has 2 aromatic carbocycles. The number of aliphatic hydroxyl groups is 1. The summed E-state index contributed by atoms with van der Waals surface area (Å²) in [5.74, 6) is 1.07. The molecule has 0 aromatic heterocycles. The Balaban J connectivity index is 1.41. The minimum Gasteiger partial charge on any atom is -0.392 e. The number of amidine groups is 1. The minimum absolute atomic E-state index is 0.0350. The molecule has 0 unspecified atom stereocenters. The van der Waals surface area contributed by atoms with Crippen LogP contribution in [0.4, 0.5) is 5.69 Å². The molecule has 2 aliphatic rings. The molecule has 0 aliphatic carbocycles. The van der Waals surface area contributed by atoms with Crippen LogP contribution in [-0.2, 0) is 24.5 Å². The number of carbonyl (C=O) groups is 1. The second-order valence-corrected chi connectivity index (χ2v) is 6.53. The van der Waals surface area contributed by atoms with Crippen LogP contribution in [0.5, 0.6) is 0 Å². The summed E-state index contributed by atoms with van der Waals surface area (Å²) in [6, 6.07) is 15.6. The number of rotatable bonds is 4. The van der Waals surface area contributed by atoms with Crippen LogP contribution in [0.3, 0.4) is 0 Å². The van der Waals surface area contributed by atoms with Crippen LogP contribution in [-0.4, -0.2) is 27.8 Å². The fraction of sp³-hybridized carbons (Fsp3) is 0.300. The Hall–Kier alpha value is -2.66. The molecular formula is C20H21N3O2. The van der Waals surface area contributed by atoms with Crippen LogP contribution < -0.4 is 5.32 Å². The first kappa shape index (κ1) is 15.8. The van der Waals surface area contributed by atoms with Gasteiger partial charge in [-0.3, -0.25) is 4.79 Å². The van der Waals surface area contributed by atoms with Gasteiger partial charge in [-0.05, 0) is 29.2 Å². The molecular weight excluding hydrogens is 314 g/mol. The average molecular weight is 335 g/mol. The lowest BCUT2D eigenvalue weighted by molar-refractivity contribution is -0.125. The number of benzene rings is 2. The molecule has 5 heteroatoms. The third-order valence-electron chi connectivity index (χ3n) is 4.91. The van der Waals surface area contributed by atoms with Crippen LogP contribution in [0.2, 0.25) is 0 Å². The predicted molar refractivity (Wildman–Crippen MR) is 96.3 cm³/mol. The maximum Gasteiger partial charge on any atom is 0.243 e. The normalized spacial score (nSPS) is 18.4. The van der Waals surface area contributed by atoms with E-state index in [2.05, 4.69) is 16.3 Å². The Kier molecular flexibility index (Phi) is 4.24. The first-order chi connectivity index (χ1) is 12.2. The zero-order valence-electron chi connectivity index (χ0n) is 14.0. The largest absolute Gasteiger partial charge is 0.392 e. The summed E-state index contributed by atoms with van der Waals surface area (Å²) in [5, 5.41) is 12.1. The number of nitrogens with one attached hydrogen (secondary N) is 1. The van der Waals surface area contributed by atoms with E-state index in [1.54, 1.807) is 0 Å². The number of fused-ring (bicyclic) bond motifs is 2. The summed E-state index contributed by atoms with van der Waals surface area (Å²) in [4.78, 5) is 19.5. The Morgan fingerprint density at radius 2 is 1.92 bits per heavy atom. The smallest absolute Gasteiger partial charge is 0.243 e. The zero-order chi connectivity index (χ0) is 17.2. The number of para-hydroxylation sites is 1. The topological polar surface area (TPSA) is 64.9 Å². The van der Waals surface area contributed by atoms with Gasteiger partial charge in [0.2, 0.25) is 5.91 Å². The van der Waals surface area contributed by atoms with Crippen LogP contribution >= 0.6 is 0 Å². The number of hydrogen-bond acceptors (Lipinski definition) is 4. The Morgan fingerprint density at radius 1 is 1.16 bits per heavy atom. The summed E-state index contributed by atoms with van der Waals surface area (Å²) < 4.78 is 0. The quantitative estimate of drug-likeness (QED) is 0.902. The molecule has 1 fully saturated rings. The van der Waals surface area contributed by atoms with Crippen LogP contribution in [0, 0.1) is 0 Å². The molecule has 128 valence electrons. The van der Waals surface area contributed by atoms with Gasteiger partial charge in [0.1, 0.15) is 11.9 Å². The van der Waals surface area contributed by atoms with E-state index in [1.165, 1.54) is 5.56 Å². The van der Waals surface area contributed by atoms with E-state index < -0.39 is 0 Å². The highest BCUT2D eigenvalue weighted by molar-refractivity contribution is 5.95. The van der Waals surface area contributed by atoms with Gasteiger partial charge in [-0.2, -0.15) is 0 Å². The zero-order valence-corrected chi connectivity index (χ0v) is 14.0. The molecule has 0 radical (unpaired) electrons. The van der Waals surface area contributed by atoms with Crippen molar-refractivity contribution >= 4 is 17.4 Å². The summed E-state index contributed by atoms with van der Waals surface area (Å²) in [6.07, 6.45) is 1.65. The van der Waals surface area contributed by atoms with Gasteiger partial charge in [-0.1, -0.05) is 42.5 Å². The van der Waals surface area contributed by atoms with Crippen molar-refractivity contribution in [1.82, 2.24) is 10.2 Å². The highest BCUT2D eigenvalue weighted by Gasteiger charge is 2.36. The SMILES string of the molecule is O=C(NCc1ccc(CO)cc1)[C@H]1CCC2=Nc3ccccc3CN21. The molecule has 1 amide bonds. The van der Waals surface area contributed by atoms with E-state index in [0.717, 1.165) is 42.0 Å². The Morgan fingerprint density at radius 3 is 2.72 bits per heavy atom. The molecule has 0 spiro atoms. The van der Waals surface area contributed by atoms with Gasteiger partial charge < -0.3 is 15.3 Å². The summed E-state index contributed by atoms with van der Waals surface area (Å²) >= 11 is 0. The second-order valence-electron chi connectivity index (χ2n) is 6.53. The molecule has 25 heavy (non-hydrogen) atoms. The van der Waals surface area contributed by atoms with Gasteiger partial charge in [0.05, 0.1) is 12.3 Å². The number of aliphatic imine (C=N–C) groups is 1. The van der Waals surface area contributed by atoms with Crippen molar-refractivity contribution in [3.8, 4) is 0 Å². The van der Waals surface area contributed by atoms with Gasteiger partial charge in [0, 0.05) is 19.5 Å². The van der Waals surface area contributed by atoms with Gasteiger partial charge in [0.15, 0.2) is 0 Å². The van der Waals surface area contributed by atoms with Crippen molar-refractivity contribution in [3.63, 3.8) is 0 Å². The summed E-state index contributed by atoms with van der Waals surface area (Å²) in [7, 11) is 0. The van der Waals surface area contributed by atoms with Crippen LogP contribution in [0.25, 0.3) is 0 Å². The maximum atomic E-state index is 12.7. The van der Waals surface area contributed by atoms with Gasteiger partial charge in [-0.25, -0.2) is 4.99 Å². The first-order valence-corrected chi connectivity index (χ1v) is 8.63. The maximum absolute atomic E-state index is 12.7. The van der Waals surface area contributed by atoms with E-state index in [1.807, 2.05) is 42.5 Å². The molecule has 2 N–H and O–H groups in total. The molecule has 2 aliphatic heterocycles. The van der Waals surface area contributed by atoms with Gasteiger partial charge >= 0.3 is 0 Å². The molecule has 2 aromatic rings. The van der Waals surface area contributed by atoms with Crippen molar-refractivity contribution < 1.29 is 9.90 Å². The molecule has 5 nitrogen and oxygen atoms in total. The second kappa shape index (κ2) is 6.69. The number of aliphatic hydroxyl groups excluding tert-OH is 1. The van der Waals surface area contributed by atoms with Gasteiger partial charge in [0.25, 0.3) is 0 Å². The van der Waals surface area contributed by atoms with Crippen molar-refractivity contribution in [2.45, 2.75) is 38.6 Å². The Labute approximate surface area is 147 Å². The van der Waals surface area contributed by atoms with Crippen molar-refractivity contribution in [2.75, 3.05) is 0 Å². The first-order valence-electron chi connectivity index (χ1n) is 8.63. The average Bonchev–Trinajstić information content (AvgIpc) is 3.07. The number of nitrogens with zero attached hydrogens (tertiary/aromatic N) is 2. The van der Waals surface area contributed by atoms with E-state index in [4.69, 9.17) is 10.1 Å². The molecule has 0 saturated carbocycles. The lowest BCUT2D eigenvalue weighted by atomic mass is 10.1. The van der Waals surface area contributed by atoms with Crippen LogP contribution in [0.1, 0.15) is 29.5 Å². The minimum atomic E-state index is -0.149. The Bertz CT molecular complexity index is 814. The highest BCUT2D eigenvalue weighted by Crippen LogP contribution is 2.32. The lowest BCUT2D eigenvalue weighted by Gasteiger charge is -2.29. The van der Waals surface area contributed by atoms with E-state index >= 15 is 0 Å². The molecule has 2 heterocycles. The number of hydrogen-bond donors (Lipinski definition) is 2. The third kappa shape index (κ3) is 3.15. The molecule has 4 rings (SSSR count). The predicted octanol–water partition coefficient (Wildman–Crippen LogP) is 2.50. The standard InChI is InChI=1S/C20H21N3O2/c24-13-15-7-5-14(6-8-15)11-21-20(25)18-9-10-19-22-17-4-2-1-3-16(17)12-23(18)19/h1-8,18,24H,9-13H2,(H,21,25)/t18-/m1/s1. The molecule has 0 bridgehead atoms. The fourth-order valence-corrected chi connectivity index (χ4v) is 3.49. The van der Waals surface area contributed by atoms with E-state index in [9.17, 15) is 4.79 Å². The highest BCUT2D eigenvalue weighted by atomic mass is 16.3. The van der Waals surface area contributed by atoms with Crippen molar-refractivity contribution in [3.05, 3.63) is 65.2 Å². The van der Waals surface area contributed by atoms with Gasteiger partial charge in [-0.15, -0.1) is 0 Å². The van der Waals surface area contributed by atoms with Crippen LogP contribution in [0.15, 0.2) is 53.5 Å². The van der Waals surface area contributed by atoms with Crippen molar-refractivity contribution in [2.24, 2.45) is 4.99 Å². The van der Waals surface area contributed by atoms with Crippen molar-refractivity contribution in [1.29, 1.82) is 0 Å². The summed E-state index contributed by atoms with van der Waals surface area (Å²) in [6.45, 7) is 1.28. The molecule has 1 atom stereocenters. The third-order valence-corrected chi connectivity index (χ3v) is 4.91. The number of carbonyl (C=O) groups excluding carboxylic acids is 1. The van der Waals surface area contributed by atoms with E-state index in [0.29, 0.717) is 6.54 Å². The lowest BCUT2D eigenvalue weighted by Crippen LogP contribution is -2.44. The monoisotopic (exact) mass is 335 g/mol. The molecule has 1 saturated heterocycles. The number of amides is 1. The summed E-state index contributed by atoms with van der Waals surface area (Å²) in [5.41, 5.74) is 4.10. The van der Waals surface area contributed by atoms with E-state index in [-0.39, 0.29) is 18.6 Å². The fourth-order valence-electron chi connectivity index (χ4n) is 3.49.